The van der Waals surface area contributed by atoms with Crippen molar-refractivity contribution >= 4 is 35.2 Å². The molecule has 5 rings (SSSR count). The maximum Gasteiger partial charge on any atom is 0.263 e. The number of carbonyl (C=O) groups is 2. The number of ether oxygens (including phenoxy) is 1. The fraction of sp³-hybridized carbons (Fsp3) is 0.192. The smallest absolute Gasteiger partial charge is 0.263 e. The third-order valence-electron chi connectivity index (χ3n) is 5.76. The predicted octanol–water partition coefficient (Wildman–Crippen LogP) is 3.52. The van der Waals surface area contributed by atoms with E-state index in [1.165, 1.54) is 35.4 Å². The second-order valence-corrected chi connectivity index (χ2v) is 9.15. The number of thioether (sulfide) groups is 1. The van der Waals surface area contributed by atoms with Gasteiger partial charge in [-0.25, -0.2) is 9.97 Å². The van der Waals surface area contributed by atoms with Gasteiger partial charge >= 0.3 is 0 Å². The molecular formula is C26H24N6O4S. The lowest BCUT2D eigenvalue weighted by Crippen LogP contribution is -2.50. The van der Waals surface area contributed by atoms with Crippen molar-refractivity contribution in [3.63, 3.8) is 0 Å². The first-order chi connectivity index (χ1) is 18.1. The molecule has 0 radical (unpaired) electrons. The van der Waals surface area contributed by atoms with Crippen molar-refractivity contribution in [1.29, 1.82) is 0 Å². The maximum absolute atomic E-state index is 13.7. The quantitative estimate of drug-likeness (QED) is 0.339. The van der Waals surface area contributed by atoms with Gasteiger partial charge in [-0.3, -0.25) is 19.5 Å². The molecule has 1 unspecified atom stereocenters. The average Bonchev–Trinajstić information content (AvgIpc) is 3.43. The number of furan rings is 1. The molecular weight excluding hydrogens is 492 g/mol. The average molecular weight is 517 g/mol. The molecule has 2 amide bonds. The lowest BCUT2D eigenvalue weighted by atomic mass is 10.1. The predicted molar refractivity (Wildman–Crippen MR) is 138 cm³/mol. The van der Waals surface area contributed by atoms with Crippen LogP contribution in [0.4, 0.5) is 11.6 Å². The van der Waals surface area contributed by atoms with Crippen molar-refractivity contribution in [3.05, 3.63) is 90.3 Å². The van der Waals surface area contributed by atoms with Gasteiger partial charge < -0.3 is 19.8 Å². The number of amides is 2. The molecule has 1 atom stereocenters. The summed E-state index contributed by atoms with van der Waals surface area (Å²) in [6.07, 6.45) is 6.12. The van der Waals surface area contributed by atoms with Crippen LogP contribution in [0.15, 0.2) is 82.9 Å². The first-order valence-corrected chi connectivity index (χ1v) is 12.5. The van der Waals surface area contributed by atoms with Gasteiger partial charge in [0.15, 0.2) is 0 Å². The van der Waals surface area contributed by atoms with E-state index in [4.69, 9.17) is 9.15 Å². The number of nitrogens with one attached hydrogen (secondary N) is 2. The van der Waals surface area contributed by atoms with Crippen LogP contribution in [-0.2, 0) is 17.9 Å². The number of nitrogens with zero attached hydrogens (tertiary/aromatic N) is 4. The molecule has 0 saturated carbocycles. The summed E-state index contributed by atoms with van der Waals surface area (Å²) in [5.41, 5.74) is 2.55. The molecule has 0 bridgehead atoms. The summed E-state index contributed by atoms with van der Waals surface area (Å²) in [6, 6.07) is 13.9. The van der Waals surface area contributed by atoms with E-state index in [1.54, 1.807) is 19.4 Å². The Morgan fingerprint density at radius 2 is 2.03 bits per heavy atom. The van der Waals surface area contributed by atoms with Gasteiger partial charge in [-0.2, -0.15) is 0 Å². The molecule has 1 aromatic carbocycles. The number of benzene rings is 1. The summed E-state index contributed by atoms with van der Waals surface area (Å²) in [5, 5.41) is 6.59. The van der Waals surface area contributed by atoms with Crippen LogP contribution in [-0.4, -0.2) is 45.7 Å². The molecule has 188 valence electrons. The number of aromatic nitrogens is 3. The van der Waals surface area contributed by atoms with Gasteiger partial charge in [-0.1, -0.05) is 18.2 Å². The molecule has 4 heterocycles. The summed E-state index contributed by atoms with van der Waals surface area (Å²) in [7, 11) is 1.60. The zero-order valence-electron chi connectivity index (χ0n) is 20.0. The Morgan fingerprint density at radius 1 is 1.16 bits per heavy atom. The Balaban J connectivity index is 1.35. The monoisotopic (exact) mass is 516 g/mol. The highest BCUT2D eigenvalue weighted by Gasteiger charge is 2.37. The Hall–Kier alpha value is -4.38. The third-order valence-corrected chi connectivity index (χ3v) is 6.83. The van der Waals surface area contributed by atoms with Gasteiger partial charge in [-0.05, 0) is 29.8 Å². The van der Waals surface area contributed by atoms with E-state index < -0.39 is 6.04 Å². The van der Waals surface area contributed by atoms with E-state index in [1.807, 2.05) is 42.5 Å². The van der Waals surface area contributed by atoms with Crippen LogP contribution in [0.25, 0.3) is 0 Å². The Morgan fingerprint density at radius 3 is 2.76 bits per heavy atom. The van der Waals surface area contributed by atoms with Crippen molar-refractivity contribution in [2.75, 3.05) is 23.1 Å². The third kappa shape index (κ3) is 5.56. The Bertz CT molecular complexity index is 1370. The van der Waals surface area contributed by atoms with E-state index in [2.05, 4.69) is 25.6 Å². The fourth-order valence-corrected chi connectivity index (χ4v) is 4.88. The van der Waals surface area contributed by atoms with Gasteiger partial charge in [0.1, 0.15) is 23.1 Å². The van der Waals surface area contributed by atoms with E-state index in [-0.39, 0.29) is 11.8 Å². The molecule has 1 aliphatic rings. The molecule has 1 aliphatic heterocycles. The minimum atomic E-state index is -0.785. The van der Waals surface area contributed by atoms with Crippen molar-refractivity contribution in [2.24, 2.45) is 0 Å². The van der Waals surface area contributed by atoms with E-state index in [0.29, 0.717) is 41.1 Å². The first kappa shape index (κ1) is 24.3. The second-order valence-electron chi connectivity index (χ2n) is 8.14. The van der Waals surface area contributed by atoms with Gasteiger partial charge in [0.25, 0.3) is 5.91 Å². The highest BCUT2D eigenvalue weighted by atomic mass is 32.2. The molecule has 0 aliphatic carbocycles. The van der Waals surface area contributed by atoms with Crippen molar-refractivity contribution in [3.8, 4) is 5.75 Å². The van der Waals surface area contributed by atoms with Crippen molar-refractivity contribution in [2.45, 2.75) is 24.2 Å². The molecule has 37 heavy (non-hydrogen) atoms. The summed E-state index contributed by atoms with van der Waals surface area (Å²) in [6.45, 7) is 0.752. The normalized spacial score (nSPS) is 15.0. The molecule has 10 nitrogen and oxygen atoms in total. The highest BCUT2D eigenvalue weighted by molar-refractivity contribution is 7.99. The molecule has 3 aromatic heterocycles. The van der Waals surface area contributed by atoms with Crippen LogP contribution in [0.3, 0.4) is 0 Å². The lowest BCUT2D eigenvalue weighted by Gasteiger charge is -2.27. The topological polar surface area (TPSA) is 122 Å². The minimum absolute atomic E-state index is 0.285. The summed E-state index contributed by atoms with van der Waals surface area (Å²) in [5.74, 6) is 0.755. The van der Waals surface area contributed by atoms with Crippen LogP contribution >= 0.6 is 11.8 Å². The molecule has 0 saturated heterocycles. The number of pyridine rings is 1. The zero-order valence-corrected chi connectivity index (χ0v) is 20.8. The maximum atomic E-state index is 13.7. The Labute approximate surface area is 217 Å². The van der Waals surface area contributed by atoms with Gasteiger partial charge in [-0.15, -0.1) is 11.8 Å². The number of carbonyl (C=O) groups excluding carboxylic acids is 2. The van der Waals surface area contributed by atoms with E-state index >= 15 is 0 Å². The second kappa shape index (κ2) is 11.1. The first-order valence-electron chi connectivity index (χ1n) is 11.5. The molecule has 0 fully saturated rings. The van der Waals surface area contributed by atoms with Gasteiger partial charge in [0, 0.05) is 30.8 Å². The number of hydrogen-bond donors (Lipinski definition) is 2. The molecule has 11 heteroatoms. The number of hydrogen-bond acceptors (Lipinski definition) is 9. The lowest BCUT2D eigenvalue weighted by molar-refractivity contribution is -0.122. The minimum Gasteiger partial charge on any atom is -0.497 e. The van der Waals surface area contributed by atoms with Crippen LogP contribution in [0.5, 0.6) is 5.75 Å². The van der Waals surface area contributed by atoms with Crippen LogP contribution in [0.1, 0.15) is 21.6 Å². The number of rotatable bonds is 8. The van der Waals surface area contributed by atoms with Gasteiger partial charge in [0.2, 0.25) is 11.9 Å². The summed E-state index contributed by atoms with van der Waals surface area (Å²) in [4.78, 5) is 41.6. The number of methoxy groups -OCH3 is 1. The van der Waals surface area contributed by atoms with E-state index in [0.717, 1.165) is 17.0 Å². The van der Waals surface area contributed by atoms with Crippen molar-refractivity contribution < 1.29 is 18.7 Å². The summed E-state index contributed by atoms with van der Waals surface area (Å²) >= 11 is 1.34. The standard InChI is InChI=1S/C26H24N6O4S/c1-35-20-7-5-17(6-8-20)12-28-23(33)22-16-37-24-21(25(34)32(22)19-9-11-36-15-19)14-30-26(31-24)29-13-18-4-2-3-10-27-18/h2-11,14-15,22H,12-13,16H2,1H3,(H,28,33)(H,29,30,31). The zero-order chi connectivity index (χ0) is 25.6. The Kier molecular flexibility index (Phi) is 7.31. The molecule has 0 spiro atoms. The SMILES string of the molecule is COc1ccc(CNC(=O)C2CSc3nc(NCc4ccccn4)ncc3C(=O)N2c2ccoc2)cc1. The number of anilines is 2. The molecule has 2 N–H and O–H groups in total. The fourth-order valence-electron chi connectivity index (χ4n) is 3.82. The van der Waals surface area contributed by atoms with Crippen LogP contribution in [0.2, 0.25) is 0 Å². The summed E-state index contributed by atoms with van der Waals surface area (Å²) < 4.78 is 10.4. The van der Waals surface area contributed by atoms with Gasteiger partial charge in [0.05, 0.1) is 36.9 Å². The largest absolute Gasteiger partial charge is 0.497 e. The van der Waals surface area contributed by atoms with Crippen molar-refractivity contribution in [1.82, 2.24) is 20.3 Å². The van der Waals surface area contributed by atoms with Crippen LogP contribution in [0, 0.1) is 0 Å². The number of fused-ring (bicyclic) bond motifs is 1. The van der Waals surface area contributed by atoms with E-state index in [9.17, 15) is 9.59 Å². The van der Waals surface area contributed by atoms with Crippen LogP contribution < -0.4 is 20.3 Å². The highest BCUT2D eigenvalue weighted by Crippen LogP contribution is 2.32. The molecule has 4 aromatic rings.